The number of aryl methyl sites for hydroxylation is 1. The molecule has 0 unspecified atom stereocenters. The van der Waals surface area contributed by atoms with Crippen molar-refractivity contribution in [3.63, 3.8) is 0 Å². The number of hydrogen-bond donors (Lipinski definition) is 2. The average molecular weight is 347 g/mol. The third-order valence-corrected chi connectivity index (χ3v) is 4.46. The van der Waals surface area contributed by atoms with Crippen molar-refractivity contribution in [3.8, 4) is 6.07 Å². The number of carbonyl (C=O) groups is 1. The molecule has 26 heavy (non-hydrogen) atoms. The van der Waals surface area contributed by atoms with E-state index in [1.165, 1.54) is 0 Å². The molecule has 3 rings (SSSR count). The Bertz CT molecular complexity index is 968. The lowest BCUT2D eigenvalue weighted by Gasteiger charge is -2.22. The first-order valence-electron chi connectivity index (χ1n) is 8.55. The summed E-state index contributed by atoms with van der Waals surface area (Å²) in [7, 11) is 0. The maximum Gasteiger partial charge on any atom is 0.239 e. The average Bonchev–Trinajstić information content (AvgIpc) is 3.04. The number of para-hydroxylation sites is 2. The molecule has 0 spiro atoms. The van der Waals surface area contributed by atoms with E-state index < -0.39 is 11.9 Å². The molecule has 3 N–H and O–H groups in total. The predicted molar refractivity (Wildman–Crippen MR) is 100 cm³/mol. The van der Waals surface area contributed by atoms with Gasteiger partial charge in [0, 0.05) is 6.54 Å². The number of nitrogens with one attached hydrogen (secondary N) is 1. The molecule has 1 heterocycles. The fraction of sp³-hybridized carbons (Fsp3) is 0.250. The number of benzene rings is 2. The normalized spacial score (nSPS) is 13.3. The number of nitrogens with two attached hydrogens (primary N) is 1. The standard InChI is InChI=1S/C20H21N5O/c1-3-25-17-7-5-4-6-16(17)24-20(25)13(2)23-18(19(22)26)15-10-8-14(12-21)9-11-15/h4-11,13,18,23H,3H2,1-2H3,(H2,22,26)/t13-,18+/m0/s1. The van der Waals surface area contributed by atoms with Crippen molar-refractivity contribution in [1.82, 2.24) is 14.9 Å². The van der Waals surface area contributed by atoms with E-state index in [4.69, 9.17) is 16.0 Å². The van der Waals surface area contributed by atoms with Crippen LogP contribution in [0.1, 0.15) is 42.9 Å². The van der Waals surface area contributed by atoms with Crippen molar-refractivity contribution in [2.24, 2.45) is 5.73 Å². The van der Waals surface area contributed by atoms with Gasteiger partial charge in [-0.25, -0.2) is 4.98 Å². The third kappa shape index (κ3) is 3.30. The second-order valence-electron chi connectivity index (χ2n) is 6.16. The summed E-state index contributed by atoms with van der Waals surface area (Å²) >= 11 is 0. The molecular formula is C20H21N5O. The van der Waals surface area contributed by atoms with Crippen molar-refractivity contribution in [1.29, 1.82) is 5.26 Å². The second-order valence-corrected chi connectivity index (χ2v) is 6.16. The fourth-order valence-electron chi connectivity index (χ4n) is 3.17. The van der Waals surface area contributed by atoms with Crippen LogP contribution in [-0.2, 0) is 11.3 Å². The van der Waals surface area contributed by atoms with Gasteiger partial charge in [0.2, 0.25) is 5.91 Å². The molecule has 1 aromatic heterocycles. The lowest BCUT2D eigenvalue weighted by atomic mass is 10.0. The predicted octanol–water partition coefficient (Wildman–Crippen LogP) is 2.81. The van der Waals surface area contributed by atoms with Crippen molar-refractivity contribution in [2.75, 3.05) is 0 Å². The van der Waals surface area contributed by atoms with Crippen LogP contribution in [0.5, 0.6) is 0 Å². The van der Waals surface area contributed by atoms with Crippen molar-refractivity contribution in [3.05, 3.63) is 65.5 Å². The monoisotopic (exact) mass is 347 g/mol. The summed E-state index contributed by atoms with van der Waals surface area (Å²) in [4.78, 5) is 16.7. The van der Waals surface area contributed by atoms with E-state index in [1.807, 2.05) is 31.2 Å². The number of rotatable bonds is 6. The van der Waals surface area contributed by atoms with E-state index >= 15 is 0 Å². The van der Waals surface area contributed by atoms with E-state index in [0.29, 0.717) is 5.56 Å². The van der Waals surface area contributed by atoms with E-state index in [2.05, 4.69) is 22.9 Å². The van der Waals surface area contributed by atoms with Gasteiger partial charge in [0.25, 0.3) is 0 Å². The van der Waals surface area contributed by atoms with E-state index in [0.717, 1.165) is 29.0 Å². The van der Waals surface area contributed by atoms with Gasteiger partial charge in [0.1, 0.15) is 11.9 Å². The molecule has 132 valence electrons. The number of amides is 1. The smallest absolute Gasteiger partial charge is 0.239 e. The fourth-order valence-corrected chi connectivity index (χ4v) is 3.17. The van der Waals surface area contributed by atoms with Gasteiger partial charge in [-0.15, -0.1) is 0 Å². The number of nitriles is 1. The van der Waals surface area contributed by atoms with Gasteiger partial charge in [0.05, 0.1) is 28.7 Å². The Morgan fingerprint density at radius 1 is 1.27 bits per heavy atom. The second kappa shape index (κ2) is 7.38. The molecule has 0 fully saturated rings. The van der Waals surface area contributed by atoms with Crippen molar-refractivity contribution in [2.45, 2.75) is 32.5 Å². The highest BCUT2D eigenvalue weighted by Gasteiger charge is 2.23. The van der Waals surface area contributed by atoms with Crippen LogP contribution in [-0.4, -0.2) is 15.5 Å². The topological polar surface area (TPSA) is 96.7 Å². The highest BCUT2D eigenvalue weighted by Crippen LogP contribution is 2.24. The van der Waals surface area contributed by atoms with Gasteiger partial charge < -0.3 is 10.3 Å². The highest BCUT2D eigenvalue weighted by molar-refractivity contribution is 5.81. The number of aromatic nitrogens is 2. The molecule has 0 saturated heterocycles. The Labute approximate surface area is 152 Å². The van der Waals surface area contributed by atoms with Gasteiger partial charge in [-0.1, -0.05) is 24.3 Å². The third-order valence-electron chi connectivity index (χ3n) is 4.46. The quantitative estimate of drug-likeness (QED) is 0.716. The molecule has 6 nitrogen and oxygen atoms in total. The van der Waals surface area contributed by atoms with E-state index in [1.54, 1.807) is 24.3 Å². The zero-order valence-electron chi connectivity index (χ0n) is 14.8. The Balaban J connectivity index is 1.92. The minimum Gasteiger partial charge on any atom is -0.368 e. The molecule has 2 aromatic carbocycles. The Hall–Kier alpha value is -3.17. The SMILES string of the molecule is CCn1c([C@H](C)N[C@@H](C(N)=O)c2ccc(C#N)cc2)nc2ccccc21. The minimum absolute atomic E-state index is 0.185. The van der Waals surface area contributed by atoms with Crippen LogP contribution >= 0.6 is 0 Å². The molecule has 0 aliphatic carbocycles. The summed E-state index contributed by atoms with van der Waals surface area (Å²) in [6, 6.07) is 16.0. The van der Waals surface area contributed by atoms with Crippen LogP contribution in [0.15, 0.2) is 48.5 Å². The Morgan fingerprint density at radius 3 is 2.58 bits per heavy atom. The van der Waals surface area contributed by atoms with Crippen molar-refractivity contribution < 1.29 is 4.79 Å². The largest absolute Gasteiger partial charge is 0.368 e. The summed E-state index contributed by atoms with van der Waals surface area (Å²) < 4.78 is 2.13. The molecule has 1 amide bonds. The first kappa shape index (κ1) is 17.6. The zero-order valence-corrected chi connectivity index (χ0v) is 14.8. The number of primary amides is 1. The molecule has 0 saturated carbocycles. The summed E-state index contributed by atoms with van der Waals surface area (Å²) in [5.74, 6) is 0.384. The van der Waals surface area contributed by atoms with Crippen LogP contribution in [0.3, 0.4) is 0 Å². The number of carbonyl (C=O) groups excluding carboxylic acids is 1. The summed E-state index contributed by atoms with van der Waals surface area (Å²) in [6.07, 6.45) is 0. The summed E-state index contributed by atoms with van der Waals surface area (Å²) in [5.41, 5.74) is 8.87. The van der Waals surface area contributed by atoms with Gasteiger partial charge >= 0.3 is 0 Å². The molecule has 0 aliphatic heterocycles. The molecule has 0 bridgehead atoms. The van der Waals surface area contributed by atoms with Crippen LogP contribution in [0.25, 0.3) is 11.0 Å². The summed E-state index contributed by atoms with van der Waals surface area (Å²) in [5, 5.41) is 12.2. The van der Waals surface area contributed by atoms with Crippen LogP contribution in [0.2, 0.25) is 0 Å². The van der Waals surface area contributed by atoms with Gasteiger partial charge in [0.15, 0.2) is 0 Å². The zero-order chi connectivity index (χ0) is 18.7. The molecule has 0 radical (unpaired) electrons. The van der Waals surface area contributed by atoms with E-state index in [-0.39, 0.29) is 6.04 Å². The lowest BCUT2D eigenvalue weighted by molar-refractivity contribution is -0.120. The van der Waals surface area contributed by atoms with Gasteiger partial charge in [-0.2, -0.15) is 5.26 Å². The van der Waals surface area contributed by atoms with Gasteiger partial charge in [-0.05, 0) is 43.7 Å². The van der Waals surface area contributed by atoms with Gasteiger partial charge in [-0.3, -0.25) is 10.1 Å². The maximum atomic E-state index is 12.0. The molecular weight excluding hydrogens is 326 g/mol. The molecule has 0 aliphatic rings. The Kier molecular flexibility index (Phi) is 5.01. The van der Waals surface area contributed by atoms with Crippen LogP contribution in [0.4, 0.5) is 0 Å². The van der Waals surface area contributed by atoms with Crippen LogP contribution in [0, 0.1) is 11.3 Å². The minimum atomic E-state index is -0.664. The lowest BCUT2D eigenvalue weighted by Crippen LogP contribution is -2.36. The first-order valence-corrected chi connectivity index (χ1v) is 8.55. The first-order chi connectivity index (χ1) is 12.5. The molecule has 2 atom stereocenters. The highest BCUT2D eigenvalue weighted by atomic mass is 16.1. The van der Waals surface area contributed by atoms with Crippen LogP contribution < -0.4 is 11.1 Å². The Morgan fingerprint density at radius 2 is 1.96 bits per heavy atom. The summed E-state index contributed by atoms with van der Waals surface area (Å²) in [6.45, 7) is 4.81. The number of hydrogen-bond acceptors (Lipinski definition) is 4. The molecule has 6 heteroatoms. The maximum absolute atomic E-state index is 12.0. The van der Waals surface area contributed by atoms with E-state index in [9.17, 15) is 4.79 Å². The molecule has 3 aromatic rings. The number of imidazole rings is 1. The van der Waals surface area contributed by atoms with Crippen molar-refractivity contribution >= 4 is 16.9 Å². The number of nitrogens with zero attached hydrogens (tertiary/aromatic N) is 3. The number of fused-ring (bicyclic) bond motifs is 1.